The summed E-state index contributed by atoms with van der Waals surface area (Å²) >= 11 is 5.24. The normalized spacial score (nSPS) is 14.8. The lowest BCUT2D eigenvalue weighted by molar-refractivity contribution is 0.524. The number of rotatable bonds is 4. The maximum Gasteiger partial charge on any atom is 0.220 e. The molecule has 0 amide bonds. The van der Waals surface area contributed by atoms with Gasteiger partial charge in [-0.1, -0.05) is 13.0 Å². The van der Waals surface area contributed by atoms with Crippen molar-refractivity contribution in [3.63, 3.8) is 0 Å². The van der Waals surface area contributed by atoms with E-state index in [1.54, 1.807) is 19.2 Å². The summed E-state index contributed by atoms with van der Waals surface area (Å²) in [4.78, 5) is 3.59. The lowest BCUT2D eigenvalue weighted by atomic mass is 10.5. The first-order valence-electron chi connectivity index (χ1n) is 4.20. The van der Waals surface area contributed by atoms with Crippen LogP contribution in [0, 0.1) is 5.95 Å². The highest BCUT2D eigenvalue weighted by Crippen LogP contribution is 2.41. The number of hydrogen-bond donors (Lipinski definition) is 1. The summed E-state index contributed by atoms with van der Waals surface area (Å²) in [7, 11) is 1.74. The molecule has 1 rings (SSSR count). The molecule has 0 spiro atoms. The highest BCUT2D eigenvalue weighted by Gasteiger charge is 2.14. The Morgan fingerprint density at radius 1 is 1.64 bits per heavy atom. The second-order valence-electron chi connectivity index (χ2n) is 2.60. The van der Waals surface area contributed by atoms with E-state index in [0.717, 1.165) is 0 Å². The van der Waals surface area contributed by atoms with Crippen molar-refractivity contribution in [1.29, 1.82) is 0 Å². The molecular weight excluding hydrogens is 222 g/mol. The zero-order valence-corrected chi connectivity index (χ0v) is 9.74. The summed E-state index contributed by atoms with van der Waals surface area (Å²) in [6, 6.07) is 4.40. The summed E-state index contributed by atoms with van der Waals surface area (Å²) in [5, 5.41) is 2.94. The molecule has 6 heteroatoms. The fraction of sp³-hybridized carbons (Fsp3) is 0.375. The van der Waals surface area contributed by atoms with Gasteiger partial charge < -0.3 is 4.52 Å². The van der Waals surface area contributed by atoms with Crippen molar-refractivity contribution in [3.8, 4) is 5.88 Å². The van der Waals surface area contributed by atoms with Gasteiger partial charge in [0.05, 0.1) is 0 Å². The first-order valence-corrected chi connectivity index (χ1v) is 7.10. The maximum absolute atomic E-state index is 12.7. The lowest BCUT2D eigenvalue weighted by Gasteiger charge is -2.19. The predicted molar refractivity (Wildman–Crippen MR) is 58.7 cm³/mol. The number of nitrogens with one attached hydrogen (secondary N) is 1. The van der Waals surface area contributed by atoms with Crippen LogP contribution in [0.4, 0.5) is 4.39 Å². The first kappa shape index (κ1) is 11.6. The largest absolute Gasteiger partial charge is 0.436 e. The fourth-order valence-corrected chi connectivity index (χ4v) is 2.03. The van der Waals surface area contributed by atoms with Crippen LogP contribution >= 0.6 is 6.42 Å². The van der Waals surface area contributed by atoms with Crippen molar-refractivity contribution in [3.05, 3.63) is 24.1 Å². The van der Waals surface area contributed by atoms with Crippen molar-refractivity contribution in [2.24, 2.45) is 0 Å². The molecule has 0 aliphatic rings. The minimum Gasteiger partial charge on any atom is -0.436 e. The number of aromatic nitrogens is 1. The van der Waals surface area contributed by atoms with Gasteiger partial charge in [-0.3, -0.25) is 5.09 Å². The zero-order valence-electron chi connectivity index (χ0n) is 8.03. The van der Waals surface area contributed by atoms with Gasteiger partial charge in [-0.05, 0) is 24.9 Å². The molecule has 0 aromatic carbocycles. The number of hydrogen-bond acceptors (Lipinski definition) is 3. The molecule has 0 aliphatic heterocycles. The molecule has 0 aliphatic carbocycles. The molecule has 0 saturated heterocycles. The van der Waals surface area contributed by atoms with Gasteiger partial charge in [0.2, 0.25) is 11.8 Å². The van der Waals surface area contributed by atoms with Crippen molar-refractivity contribution in [1.82, 2.24) is 10.1 Å². The Balaban J connectivity index is 2.83. The monoisotopic (exact) mass is 234 g/mol. The van der Waals surface area contributed by atoms with Gasteiger partial charge in [-0.15, -0.1) is 0 Å². The van der Waals surface area contributed by atoms with Crippen LogP contribution in [0.5, 0.6) is 5.88 Å². The third kappa shape index (κ3) is 3.01. The summed E-state index contributed by atoms with van der Waals surface area (Å²) in [5.74, 6) is -0.319. The Morgan fingerprint density at radius 3 is 2.86 bits per heavy atom. The van der Waals surface area contributed by atoms with E-state index in [0.29, 0.717) is 6.16 Å². The van der Waals surface area contributed by atoms with Gasteiger partial charge in [0, 0.05) is 12.2 Å². The molecule has 0 bridgehead atoms. The van der Waals surface area contributed by atoms with Gasteiger partial charge >= 0.3 is 0 Å². The third-order valence-corrected chi connectivity index (χ3v) is 5.23. The lowest BCUT2D eigenvalue weighted by Crippen LogP contribution is -2.11. The summed E-state index contributed by atoms with van der Waals surface area (Å²) in [6.45, 7) is 1.93. The van der Waals surface area contributed by atoms with Crippen molar-refractivity contribution < 1.29 is 8.91 Å². The molecule has 1 aromatic heterocycles. The van der Waals surface area contributed by atoms with Gasteiger partial charge in [0.25, 0.3) is 0 Å². The van der Waals surface area contributed by atoms with Crippen molar-refractivity contribution in [2.75, 3.05) is 13.2 Å². The van der Waals surface area contributed by atoms with Crippen molar-refractivity contribution >= 4 is 18.2 Å². The molecule has 1 N–H and O–H groups in total. The van der Waals surface area contributed by atoms with Crippen LogP contribution in [-0.4, -0.2) is 18.2 Å². The molecular formula is C8H12FN2OPS. The topological polar surface area (TPSA) is 34.1 Å². The molecule has 78 valence electrons. The Bertz CT molecular complexity index is 353. The van der Waals surface area contributed by atoms with E-state index in [9.17, 15) is 4.39 Å². The maximum atomic E-state index is 12.7. The second kappa shape index (κ2) is 4.82. The highest BCUT2D eigenvalue weighted by molar-refractivity contribution is 8.11. The van der Waals surface area contributed by atoms with Crippen molar-refractivity contribution in [2.45, 2.75) is 6.92 Å². The van der Waals surface area contributed by atoms with E-state index < -0.39 is 12.4 Å². The van der Waals surface area contributed by atoms with Gasteiger partial charge in [0.15, 0.2) is 6.42 Å². The molecule has 3 nitrogen and oxygen atoms in total. The van der Waals surface area contributed by atoms with Crippen LogP contribution in [0.25, 0.3) is 0 Å². The van der Waals surface area contributed by atoms with Gasteiger partial charge in [-0.25, -0.2) is 0 Å². The average Bonchev–Trinajstić information content (AvgIpc) is 2.18. The average molecular weight is 234 g/mol. The molecule has 1 atom stereocenters. The van der Waals surface area contributed by atoms with Gasteiger partial charge in [0.1, 0.15) is 0 Å². The number of pyridine rings is 1. The highest BCUT2D eigenvalue weighted by atomic mass is 32.4. The molecule has 0 saturated carbocycles. The summed E-state index contributed by atoms with van der Waals surface area (Å²) in [5.41, 5.74) is 0. The quantitative estimate of drug-likeness (QED) is 0.639. The Hall–Kier alpha value is -0.510. The molecule has 1 unspecified atom stereocenters. The fourth-order valence-electron chi connectivity index (χ4n) is 0.860. The van der Waals surface area contributed by atoms with E-state index in [2.05, 4.69) is 10.1 Å². The predicted octanol–water partition coefficient (Wildman–Crippen LogP) is 2.15. The smallest absolute Gasteiger partial charge is 0.220 e. The van der Waals surface area contributed by atoms with E-state index >= 15 is 0 Å². The van der Waals surface area contributed by atoms with E-state index in [-0.39, 0.29) is 5.88 Å². The van der Waals surface area contributed by atoms with Crippen LogP contribution in [0.2, 0.25) is 0 Å². The molecule has 14 heavy (non-hydrogen) atoms. The van der Waals surface area contributed by atoms with Crippen LogP contribution in [-0.2, 0) is 11.8 Å². The van der Waals surface area contributed by atoms with E-state index in [1.807, 2.05) is 6.92 Å². The van der Waals surface area contributed by atoms with Crippen LogP contribution in [0.1, 0.15) is 6.92 Å². The second-order valence-corrected chi connectivity index (χ2v) is 6.98. The zero-order chi connectivity index (χ0) is 10.6. The minimum atomic E-state index is -2.07. The van der Waals surface area contributed by atoms with Crippen LogP contribution < -0.4 is 9.61 Å². The Kier molecular flexibility index (Phi) is 3.98. The SMILES string of the molecule is CCP(=S)(NC)Oc1cccc(F)n1. The minimum absolute atomic E-state index is 0.240. The van der Waals surface area contributed by atoms with Crippen LogP contribution in [0.3, 0.4) is 0 Å². The molecule has 1 heterocycles. The molecule has 1 aromatic rings. The standard InChI is InChI=1S/C8H12FN2OPS/c1-3-13(14,10-2)12-8-6-4-5-7(9)11-8/h4-6H,3H2,1-2H3,(H,10,14). The van der Waals surface area contributed by atoms with E-state index in [4.69, 9.17) is 16.3 Å². The number of nitrogens with zero attached hydrogens (tertiary/aromatic N) is 1. The molecule has 0 fully saturated rings. The summed E-state index contributed by atoms with van der Waals surface area (Å²) in [6.07, 6.45) is -1.38. The molecule has 0 radical (unpaired) electrons. The third-order valence-electron chi connectivity index (χ3n) is 1.69. The number of halogens is 1. The van der Waals surface area contributed by atoms with E-state index in [1.165, 1.54) is 6.07 Å². The summed E-state index contributed by atoms with van der Waals surface area (Å²) < 4.78 is 18.2. The Labute approximate surface area is 87.8 Å². The van der Waals surface area contributed by atoms with Gasteiger partial charge in [-0.2, -0.15) is 9.37 Å². The van der Waals surface area contributed by atoms with Crippen LogP contribution in [0.15, 0.2) is 18.2 Å². The first-order chi connectivity index (χ1) is 6.59. The Morgan fingerprint density at radius 2 is 2.36 bits per heavy atom.